The molecule has 0 aromatic heterocycles. The molecule has 7 heteroatoms. The summed E-state index contributed by atoms with van der Waals surface area (Å²) in [6, 6.07) is 2.85. The van der Waals surface area contributed by atoms with Crippen LogP contribution in [0.1, 0.15) is 18.0 Å². The van der Waals surface area contributed by atoms with Gasteiger partial charge in [-0.3, -0.25) is 9.69 Å². The number of rotatable bonds is 3. The van der Waals surface area contributed by atoms with Crippen molar-refractivity contribution in [2.75, 3.05) is 46.3 Å². The first-order valence-electron chi connectivity index (χ1n) is 8.27. The van der Waals surface area contributed by atoms with E-state index in [9.17, 15) is 18.7 Å². The molecule has 1 aromatic carbocycles. The van der Waals surface area contributed by atoms with Crippen molar-refractivity contribution >= 4 is 5.91 Å². The summed E-state index contributed by atoms with van der Waals surface area (Å²) in [7, 11) is 2.02. The number of benzene rings is 1. The fraction of sp³-hybridized carbons (Fsp3) is 0.588. The number of piperazine rings is 1. The Bertz CT molecular complexity index is 605. The van der Waals surface area contributed by atoms with E-state index in [2.05, 4.69) is 4.90 Å². The third-order valence-corrected chi connectivity index (χ3v) is 4.89. The molecule has 0 aliphatic carbocycles. The van der Waals surface area contributed by atoms with Gasteiger partial charge in [0.2, 0.25) is 5.91 Å². The standard InChI is InChI=1S/C17H23F2N3O2/c1-20-4-6-21(7-5-20)17(24)11-22-10-13(23)9-16(22)14-8-12(18)2-3-15(14)19/h2-3,8,13,16,23H,4-7,9-11H2,1H3. The monoisotopic (exact) mass is 339 g/mol. The van der Waals surface area contributed by atoms with E-state index in [1.807, 2.05) is 7.05 Å². The van der Waals surface area contributed by atoms with Gasteiger partial charge in [0.1, 0.15) is 11.6 Å². The largest absolute Gasteiger partial charge is 0.392 e. The third kappa shape index (κ3) is 3.74. The number of halogens is 2. The molecule has 1 N–H and O–H groups in total. The summed E-state index contributed by atoms with van der Waals surface area (Å²) in [5.41, 5.74) is 0.206. The highest BCUT2D eigenvalue weighted by Crippen LogP contribution is 2.33. The van der Waals surface area contributed by atoms with E-state index in [0.29, 0.717) is 26.1 Å². The Balaban J connectivity index is 1.71. The lowest BCUT2D eigenvalue weighted by molar-refractivity contribution is -0.134. The van der Waals surface area contributed by atoms with Crippen LogP contribution in [0.25, 0.3) is 0 Å². The number of hydrogen-bond acceptors (Lipinski definition) is 4. The summed E-state index contributed by atoms with van der Waals surface area (Å²) in [5, 5.41) is 9.96. The van der Waals surface area contributed by atoms with Crippen LogP contribution in [0, 0.1) is 11.6 Å². The van der Waals surface area contributed by atoms with Crippen molar-refractivity contribution in [1.29, 1.82) is 0 Å². The van der Waals surface area contributed by atoms with Gasteiger partial charge in [-0.2, -0.15) is 0 Å². The SMILES string of the molecule is CN1CCN(C(=O)CN2CC(O)CC2c2cc(F)ccc2F)CC1. The molecular formula is C17H23F2N3O2. The second kappa shape index (κ2) is 7.13. The van der Waals surface area contributed by atoms with Gasteiger partial charge in [0.15, 0.2) is 0 Å². The van der Waals surface area contributed by atoms with Crippen molar-refractivity contribution in [1.82, 2.24) is 14.7 Å². The minimum Gasteiger partial charge on any atom is -0.392 e. The summed E-state index contributed by atoms with van der Waals surface area (Å²) in [4.78, 5) is 18.2. The zero-order valence-corrected chi connectivity index (χ0v) is 13.8. The molecule has 2 heterocycles. The maximum atomic E-state index is 14.1. The molecule has 2 saturated heterocycles. The summed E-state index contributed by atoms with van der Waals surface area (Å²) in [6.45, 7) is 3.41. The molecule has 132 valence electrons. The zero-order valence-electron chi connectivity index (χ0n) is 13.8. The Kier molecular flexibility index (Phi) is 5.12. The zero-order chi connectivity index (χ0) is 17.3. The molecule has 1 aromatic rings. The van der Waals surface area contributed by atoms with E-state index in [1.54, 1.807) is 9.80 Å². The minimum absolute atomic E-state index is 0.0287. The number of likely N-dealkylation sites (tertiary alicyclic amines) is 1. The maximum Gasteiger partial charge on any atom is 0.236 e. The van der Waals surface area contributed by atoms with Crippen molar-refractivity contribution in [3.63, 3.8) is 0 Å². The van der Waals surface area contributed by atoms with E-state index in [4.69, 9.17) is 0 Å². The molecule has 0 bridgehead atoms. The molecule has 0 saturated carbocycles. The van der Waals surface area contributed by atoms with Crippen molar-refractivity contribution in [3.8, 4) is 0 Å². The first-order valence-corrected chi connectivity index (χ1v) is 8.27. The predicted molar refractivity (Wildman–Crippen MR) is 85.4 cm³/mol. The third-order valence-electron chi connectivity index (χ3n) is 4.89. The van der Waals surface area contributed by atoms with Gasteiger partial charge in [0.05, 0.1) is 12.6 Å². The molecule has 3 rings (SSSR count). The van der Waals surface area contributed by atoms with E-state index in [0.717, 1.165) is 31.3 Å². The smallest absolute Gasteiger partial charge is 0.236 e. The van der Waals surface area contributed by atoms with E-state index >= 15 is 0 Å². The van der Waals surface area contributed by atoms with Crippen LogP contribution in [0.3, 0.4) is 0 Å². The van der Waals surface area contributed by atoms with Gasteiger partial charge in [0.25, 0.3) is 0 Å². The molecule has 2 fully saturated rings. The Labute approximate surface area is 140 Å². The number of likely N-dealkylation sites (N-methyl/N-ethyl adjacent to an activating group) is 1. The van der Waals surface area contributed by atoms with Gasteiger partial charge in [-0.25, -0.2) is 8.78 Å². The van der Waals surface area contributed by atoms with Crippen LogP contribution < -0.4 is 0 Å². The lowest BCUT2D eigenvalue weighted by Crippen LogP contribution is -2.50. The number of hydrogen-bond donors (Lipinski definition) is 1. The van der Waals surface area contributed by atoms with Crippen LogP contribution in [-0.2, 0) is 4.79 Å². The molecule has 0 spiro atoms. The summed E-state index contributed by atoms with van der Waals surface area (Å²) in [5.74, 6) is -1.05. The number of carbonyl (C=O) groups is 1. The van der Waals surface area contributed by atoms with E-state index in [-0.39, 0.29) is 18.0 Å². The van der Waals surface area contributed by atoms with Crippen LogP contribution in [0.4, 0.5) is 8.78 Å². The lowest BCUT2D eigenvalue weighted by Gasteiger charge is -2.34. The average molecular weight is 339 g/mol. The molecule has 2 unspecified atom stereocenters. The Morgan fingerprint density at radius 3 is 2.67 bits per heavy atom. The highest BCUT2D eigenvalue weighted by molar-refractivity contribution is 5.78. The summed E-state index contributed by atoms with van der Waals surface area (Å²) in [6.07, 6.45) is -0.339. The minimum atomic E-state index is -0.641. The Hall–Kier alpha value is -1.57. The van der Waals surface area contributed by atoms with Gasteiger partial charge < -0.3 is 14.9 Å². The maximum absolute atomic E-state index is 14.1. The lowest BCUT2D eigenvalue weighted by atomic mass is 10.0. The van der Waals surface area contributed by atoms with Gasteiger partial charge in [0, 0.05) is 44.3 Å². The van der Waals surface area contributed by atoms with Gasteiger partial charge in [-0.1, -0.05) is 0 Å². The fourth-order valence-corrected chi connectivity index (χ4v) is 3.48. The summed E-state index contributed by atoms with van der Waals surface area (Å²) < 4.78 is 27.6. The highest BCUT2D eigenvalue weighted by Gasteiger charge is 2.35. The molecule has 1 amide bonds. The van der Waals surface area contributed by atoms with E-state index < -0.39 is 23.8 Å². The van der Waals surface area contributed by atoms with E-state index in [1.165, 1.54) is 0 Å². The number of aliphatic hydroxyl groups is 1. The fourth-order valence-electron chi connectivity index (χ4n) is 3.48. The predicted octanol–water partition coefficient (Wildman–Crippen LogP) is 0.846. The quantitative estimate of drug-likeness (QED) is 0.887. The van der Waals surface area contributed by atoms with Gasteiger partial charge in [-0.15, -0.1) is 0 Å². The number of carbonyl (C=O) groups excluding carboxylic acids is 1. The van der Waals surface area contributed by atoms with Crippen molar-refractivity contribution in [2.45, 2.75) is 18.6 Å². The molecule has 2 atom stereocenters. The molecule has 5 nitrogen and oxygen atoms in total. The van der Waals surface area contributed by atoms with Crippen LogP contribution in [0.5, 0.6) is 0 Å². The first-order chi connectivity index (χ1) is 11.4. The second-order valence-corrected chi connectivity index (χ2v) is 6.68. The van der Waals surface area contributed by atoms with Crippen LogP contribution in [0.15, 0.2) is 18.2 Å². The molecule has 0 radical (unpaired) electrons. The Morgan fingerprint density at radius 2 is 1.96 bits per heavy atom. The second-order valence-electron chi connectivity index (χ2n) is 6.68. The first kappa shape index (κ1) is 17.3. The number of nitrogens with zero attached hydrogens (tertiary/aromatic N) is 3. The number of amides is 1. The highest BCUT2D eigenvalue weighted by atomic mass is 19.1. The average Bonchev–Trinajstić information content (AvgIpc) is 2.90. The Morgan fingerprint density at radius 1 is 1.25 bits per heavy atom. The molecular weight excluding hydrogens is 316 g/mol. The number of aliphatic hydroxyl groups excluding tert-OH is 1. The van der Waals surface area contributed by atoms with Crippen molar-refractivity contribution in [3.05, 3.63) is 35.4 Å². The molecule has 24 heavy (non-hydrogen) atoms. The molecule has 2 aliphatic heterocycles. The van der Waals surface area contributed by atoms with Crippen molar-refractivity contribution < 1.29 is 18.7 Å². The van der Waals surface area contributed by atoms with Gasteiger partial charge in [-0.05, 0) is 31.7 Å². The topological polar surface area (TPSA) is 47.0 Å². The van der Waals surface area contributed by atoms with Crippen LogP contribution >= 0.6 is 0 Å². The number of β-amino-alcohol motifs (C(OH)–C–C–N with tert-alkyl or cyclic N) is 1. The van der Waals surface area contributed by atoms with Crippen LogP contribution in [0.2, 0.25) is 0 Å². The van der Waals surface area contributed by atoms with Crippen molar-refractivity contribution in [2.24, 2.45) is 0 Å². The van der Waals surface area contributed by atoms with Crippen LogP contribution in [-0.4, -0.2) is 78.1 Å². The van der Waals surface area contributed by atoms with Gasteiger partial charge >= 0.3 is 0 Å². The summed E-state index contributed by atoms with van der Waals surface area (Å²) >= 11 is 0. The molecule has 2 aliphatic rings. The normalized spacial score (nSPS) is 26.1.